The number of hydrogen-bond acceptors (Lipinski definition) is 4. The summed E-state index contributed by atoms with van der Waals surface area (Å²) in [5.74, 6) is -0.342. The first kappa shape index (κ1) is 16.8. The highest BCUT2D eigenvalue weighted by Gasteiger charge is 2.51. The number of carbonyl (C=O) groups is 2. The van der Waals surface area contributed by atoms with E-state index >= 15 is 0 Å². The molecule has 23 heavy (non-hydrogen) atoms. The molecular weight excluding hydrogens is 294 g/mol. The molecule has 0 saturated carbocycles. The van der Waals surface area contributed by atoms with E-state index < -0.39 is 17.6 Å². The predicted molar refractivity (Wildman–Crippen MR) is 86.6 cm³/mol. The van der Waals surface area contributed by atoms with Crippen LogP contribution in [0.3, 0.4) is 0 Å². The molecule has 0 aliphatic carbocycles. The van der Waals surface area contributed by atoms with Gasteiger partial charge in [-0.25, -0.2) is 4.79 Å². The lowest BCUT2D eigenvalue weighted by atomic mass is 9.76. The van der Waals surface area contributed by atoms with Gasteiger partial charge in [-0.1, -0.05) is 42.5 Å². The molecular formula is C18H21NO4. The molecule has 0 unspecified atom stereocenters. The van der Waals surface area contributed by atoms with Gasteiger partial charge in [0, 0.05) is 0 Å². The second-order valence-corrected chi connectivity index (χ2v) is 5.50. The zero-order valence-electron chi connectivity index (χ0n) is 13.0. The molecule has 122 valence electrons. The second-order valence-electron chi connectivity index (χ2n) is 5.50. The third kappa shape index (κ3) is 3.80. The van der Waals surface area contributed by atoms with Crippen molar-refractivity contribution < 1.29 is 19.1 Å². The Morgan fingerprint density at radius 3 is 2.57 bits per heavy atom. The van der Waals surface area contributed by atoms with Gasteiger partial charge in [0.05, 0.1) is 11.5 Å². The van der Waals surface area contributed by atoms with Crippen LogP contribution in [0.15, 0.2) is 55.6 Å². The smallest absolute Gasteiger partial charge is 0.407 e. The lowest BCUT2D eigenvalue weighted by Crippen LogP contribution is -2.48. The van der Waals surface area contributed by atoms with Crippen molar-refractivity contribution in [3.63, 3.8) is 0 Å². The van der Waals surface area contributed by atoms with Crippen LogP contribution in [0.25, 0.3) is 0 Å². The van der Waals surface area contributed by atoms with Gasteiger partial charge >= 0.3 is 12.1 Å². The Bertz CT molecular complexity index is 572. The number of nitrogens with one attached hydrogen (secondary N) is 1. The highest BCUT2D eigenvalue weighted by atomic mass is 16.6. The maximum atomic E-state index is 12.1. The highest BCUT2D eigenvalue weighted by molar-refractivity contribution is 5.82. The van der Waals surface area contributed by atoms with Crippen LogP contribution >= 0.6 is 0 Å². The van der Waals surface area contributed by atoms with E-state index in [9.17, 15) is 9.59 Å². The van der Waals surface area contributed by atoms with Crippen molar-refractivity contribution in [3.8, 4) is 0 Å². The molecule has 0 radical (unpaired) electrons. The van der Waals surface area contributed by atoms with Crippen molar-refractivity contribution in [3.05, 3.63) is 61.2 Å². The molecule has 1 aliphatic rings. The summed E-state index contributed by atoms with van der Waals surface area (Å²) < 4.78 is 10.4. The molecule has 1 saturated heterocycles. The van der Waals surface area contributed by atoms with Crippen LogP contribution in [0.4, 0.5) is 4.79 Å². The largest absolute Gasteiger partial charge is 0.463 e. The quantitative estimate of drug-likeness (QED) is 0.620. The summed E-state index contributed by atoms with van der Waals surface area (Å²) >= 11 is 0. The van der Waals surface area contributed by atoms with E-state index in [1.807, 2.05) is 30.3 Å². The Morgan fingerprint density at radius 2 is 1.96 bits per heavy atom. The molecule has 5 heteroatoms. The van der Waals surface area contributed by atoms with Gasteiger partial charge < -0.3 is 14.8 Å². The fraction of sp³-hybridized carbons (Fsp3) is 0.333. The van der Waals surface area contributed by atoms with Crippen LogP contribution in [-0.2, 0) is 20.9 Å². The predicted octanol–water partition coefficient (Wildman–Crippen LogP) is 2.98. The minimum atomic E-state index is -0.852. The van der Waals surface area contributed by atoms with Crippen molar-refractivity contribution in [1.29, 1.82) is 0 Å². The molecule has 1 atom stereocenters. The zero-order chi connectivity index (χ0) is 16.7. The van der Waals surface area contributed by atoms with Gasteiger partial charge in [0.25, 0.3) is 0 Å². The SMILES string of the molecule is C=CCC1(CC=C)C(=O)OC[C@H]1NC(=O)OCc1ccccc1. The third-order valence-corrected chi connectivity index (χ3v) is 3.98. The molecule has 0 bridgehead atoms. The van der Waals surface area contributed by atoms with Gasteiger partial charge in [0.2, 0.25) is 0 Å². The molecule has 1 amide bonds. The summed E-state index contributed by atoms with van der Waals surface area (Å²) in [6.07, 6.45) is 3.54. The number of ether oxygens (including phenoxy) is 2. The van der Waals surface area contributed by atoms with Crippen LogP contribution in [0.5, 0.6) is 0 Å². The van der Waals surface area contributed by atoms with Crippen LogP contribution in [-0.4, -0.2) is 24.7 Å². The molecule has 0 aromatic heterocycles. The number of cyclic esters (lactones) is 1. The van der Waals surface area contributed by atoms with Crippen molar-refractivity contribution in [2.45, 2.75) is 25.5 Å². The van der Waals surface area contributed by atoms with Gasteiger partial charge in [0.1, 0.15) is 13.2 Å². The number of esters is 1. The first-order chi connectivity index (χ1) is 11.1. The first-order valence-corrected chi connectivity index (χ1v) is 7.48. The summed E-state index contributed by atoms with van der Waals surface area (Å²) in [5.41, 5.74) is 0.0415. The summed E-state index contributed by atoms with van der Waals surface area (Å²) in [4.78, 5) is 24.2. The Kier molecular flexibility index (Phi) is 5.57. The number of carbonyl (C=O) groups excluding carboxylic acids is 2. The lowest BCUT2D eigenvalue weighted by molar-refractivity contribution is -0.146. The second kappa shape index (κ2) is 7.63. The maximum Gasteiger partial charge on any atom is 0.407 e. The highest BCUT2D eigenvalue weighted by Crippen LogP contribution is 2.38. The number of alkyl carbamates (subject to hydrolysis) is 1. The summed E-state index contributed by atoms with van der Waals surface area (Å²) in [6, 6.07) is 8.92. The van der Waals surface area contributed by atoms with Crippen molar-refractivity contribution in [2.75, 3.05) is 6.61 Å². The minimum absolute atomic E-state index is 0.126. The average molecular weight is 315 g/mol. The number of allylic oxidation sites excluding steroid dienone is 2. The normalized spacial score (nSPS) is 18.8. The molecule has 1 fully saturated rings. The molecule has 1 heterocycles. The van der Waals surface area contributed by atoms with E-state index in [2.05, 4.69) is 18.5 Å². The fourth-order valence-corrected chi connectivity index (χ4v) is 2.74. The Balaban J connectivity index is 1.99. The van der Waals surface area contributed by atoms with E-state index in [1.165, 1.54) is 0 Å². The molecule has 1 aromatic rings. The Morgan fingerprint density at radius 1 is 1.30 bits per heavy atom. The topological polar surface area (TPSA) is 64.6 Å². The van der Waals surface area contributed by atoms with Gasteiger partial charge in [-0.2, -0.15) is 0 Å². The van der Waals surface area contributed by atoms with E-state index in [1.54, 1.807) is 12.2 Å². The van der Waals surface area contributed by atoms with Crippen molar-refractivity contribution >= 4 is 12.1 Å². The van der Waals surface area contributed by atoms with Gasteiger partial charge in [-0.3, -0.25) is 4.79 Å². The average Bonchev–Trinajstić information content (AvgIpc) is 2.84. The van der Waals surface area contributed by atoms with Crippen molar-refractivity contribution in [2.24, 2.45) is 5.41 Å². The van der Waals surface area contributed by atoms with Crippen LogP contribution in [0, 0.1) is 5.41 Å². The van der Waals surface area contributed by atoms with E-state index in [-0.39, 0.29) is 19.2 Å². The summed E-state index contributed by atoms with van der Waals surface area (Å²) in [6.45, 7) is 7.68. The minimum Gasteiger partial charge on any atom is -0.463 e. The van der Waals surface area contributed by atoms with Gasteiger partial charge in [-0.05, 0) is 18.4 Å². The zero-order valence-corrected chi connectivity index (χ0v) is 13.0. The van der Waals surface area contributed by atoms with Gasteiger partial charge in [0.15, 0.2) is 0 Å². The van der Waals surface area contributed by atoms with E-state index in [0.29, 0.717) is 12.8 Å². The van der Waals surface area contributed by atoms with Gasteiger partial charge in [-0.15, -0.1) is 13.2 Å². The molecule has 1 aromatic carbocycles. The number of amides is 1. The maximum absolute atomic E-state index is 12.1. The molecule has 5 nitrogen and oxygen atoms in total. The number of rotatable bonds is 7. The Hall–Kier alpha value is -2.56. The Labute approximate surface area is 136 Å². The van der Waals surface area contributed by atoms with Crippen LogP contribution in [0.1, 0.15) is 18.4 Å². The van der Waals surface area contributed by atoms with E-state index in [4.69, 9.17) is 9.47 Å². The number of hydrogen-bond donors (Lipinski definition) is 1. The third-order valence-electron chi connectivity index (χ3n) is 3.98. The number of benzene rings is 1. The van der Waals surface area contributed by atoms with E-state index in [0.717, 1.165) is 5.56 Å². The fourth-order valence-electron chi connectivity index (χ4n) is 2.74. The van der Waals surface area contributed by atoms with Crippen LogP contribution in [0.2, 0.25) is 0 Å². The molecule has 0 spiro atoms. The monoisotopic (exact) mass is 315 g/mol. The molecule has 1 aliphatic heterocycles. The summed E-state index contributed by atoms with van der Waals surface area (Å²) in [7, 11) is 0. The first-order valence-electron chi connectivity index (χ1n) is 7.48. The van der Waals surface area contributed by atoms with Crippen molar-refractivity contribution in [1.82, 2.24) is 5.32 Å². The standard InChI is InChI=1S/C18H21NO4/c1-3-10-18(11-4-2)15(13-22-16(18)20)19-17(21)23-12-14-8-6-5-7-9-14/h3-9,15H,1-2,10-13H2,(H,19,21)/t15-/m1/s1. The lowest BCUT2D eigenvalue weighted by Gasteiger charge is -2.29. The van der Waals surface area contributed by atoms with Crippen LogP contribution < -0.4 is 5.32 Å². The molecule has 2 rings (SSSR count). The summed E-state index contributed by atoms with van der Waals surface area (Å²) in [5, 5.41) is 2.74. The molecule has 1 N–H and O–H groups in total.